The molecule has 0 spiro atoms. The van der Waals surface area contributed by atoms with Gasteiger partial charge < -0.3 is 5.73 Å². The van der Waals surface area contributed by atoms with Crippen molar-refractivity contribution in [2.24, 2.45) is 0 Å². The lowest BCUT2D eigenvalue weighted by Crippen LogP contribution is -2.02. The highest BCUT2D eigenvalue weighted by Gasteiger charge is 2.14. The molecular weight excluding hydrogens is 282 g/mol. The average molecular weight is 299 g/mol. The molecule has 3 aromatic rings. The minimum atomic E-state index is -1.19. The Balaban J connectivity index is 1.99. The lowest BCUT2D eigenvalue weighted by molar-refractivity contribution is 0.667. The number of nitrogens with two attached hydrogens (primary N) is 1. The minimum absolute atomic E-state index is 0.377. The van der Waals surface area contributed by atoms with Crippen LogP contribution in [0.2, 0.25) is 0 Å². The number of nitrogen functional groups attached to an aromatic ring is 1. The third kappa shape index (κ3) is 2.56. The molecular formula is C16H17N3OS. The number of anilines is 1. The Hall–Kier alpha value is -2.14. The van der Waals surface area contributed by atoms with E-state index in [0.717, 1.165) is 23.1 Å². The van der Waals surface area contributed by atoms with Gasteiger partial charge in [-0.15, -0.1) is 0 Å². The molecule has 5 heteroatoms. The van der Waals surface area contributed by atoms with Crippen LogP contribution < -0.4 is 5.73 Å². The Bertz CT molecular complexity index is 810. The van der Waals surface area contributed by atoms with Gasteiger partial charge in [-0.05, 0) is 25.1 Å². The Morgan fingerprint density at radius 2 is 1.86 bits per heavy atom. The van der Waals surface area contributed by atoms with Gasteiger partial charge in [0.05, 0.1) is 32.7 Å². The van der Waals surface area contributed by atoms with Crippen LogP contribution in [0.15, 0.2) is 53.4 Å². The fourth-order valence-electron chi connectivity index (χ4n) is 2.43. The van der Waals surface area contributed by atoms with E-state index in [4.69, 9.17) is 5.73 Å². The molecule has 3 rings (SSSR count). The molecule has 0 fully saturated rings. The monoisotopic (exact) mass is 299 g/mol. The maximum Gasteiger partial charge on any atom is 0.0831 e. The van der Waals surface area contributed by atoms with Crippen molar-refractivity contribution < 1.29 is 4.21 Å². The number of aromatic nitrogens is 2. The van der Waals surface area contributed by atoms with E-state index in [1.54, 1.807) is 6.07 Å². The molecule has 21 heavy (non-hydrogen) atoms. The number of rotatable bonds is 4. The van der Waals surface area contributed by atoms with Gasteiger partial charge >= 0.3 is 0 Å². The number of nitrogens with zero attached hydrogens (tertiary/aromatic N) is 2. The fraction of sp³-hybridized carbons (Fsp3) is 0.188. The van der Waals surface area contributed by atoms with Crippen molar-refractivity contribution in [1.29, 1.82) is 0 Å². The smallest absolute Gasteiger partial charge is 0.0831 e. The van der Waals surface area contributed by atoms with E-state index in [1.165, 1.54) is 0 Å². The quantitative estimate of drug-likeness (QED) is 0.753. The molecule has 1 atom stereocenters. The van der Waals surface area contributed by atoms with Crippen LogP contribution in [0.25, 0.3) is 10.9 Å². The maximum absolute atomic E-state index is 12.6. The van der Waals surface area contributed by atoms with Crippen molar-refractivity contribution >= 4 is 27.4 Å². The highest BCUT2D eigenvalue weighted by molar-refractivity contribution is 7.84. The molecule has 0 bridgehead atoms. The highest BCUT2D eigenvalue weighted by atomic mass is 32.2. The van der Waals surface area contributed by atoms with Gasteiger partial charge in [-0.2, -0.15) is 5.10 Å². The van der Waals surface area contributed by atoms with Crippen LogP contribution in [0.1, 0.15) is 12.6 Å². The van der Waals surface area contributed by atoms with Gasteiger partial charge in [-0.1, -0.05) is 30.3 Å². The van der Waals surface area contributed by atoms with Gasteiger partial charge in [0.25, 0.3) is 0 Å². The third-order valence-electron chi connectivity index (χ3n) is 3.47. The summed E-state index contributed by atoms with van der Waals surface area (Å²) in [5.74, 6) is 0.377. The number of aryl methyl sites for hydroxylation is 1. The zero-order chi connectivity index (χ0) is 14.8. The molecule has 0 radical (unpaired) electrons. The topological polar surface area (TPSA) is 60.9 Å². The van der Waals surface area contributed by atoms with Crippen LogP contribution in [0.3, 0.4) is 0 Å². The molecule has 0 aliphatic heterocycles. The summed E-state index contributed by atoms with van der Waals surface area (Å²) >= 11 is 0. The molecule has 1 unspecified atom stereocenters. The third-order valence-corrected chi connectivity index (χ3v) is 4.86. The predicted molar refractivity (Wildman–Crippen MR) is 86.4 cm³/mol. The Kier molecular flexibility index (Phi) is 3.75. The largest absolute Gasteiger partial charge is 0.398 e. The minimum Gasteiger partial charge on any atom is -0.398 e. The first-order valence-corrected chi connectivity index (χ1v) is 8.20. The SMILES string of the molecule is CCn1nc(CS(=O)c2ccccc2N)c2ccccc21. The van der Waals surface area contributed by atoms with E-state index in [0.29, 0.717) is 16.3 Å². The summed E-state index contributed by atoms with van der Waals surface area (Å²) in [5.41, 5.74) is 8.40. The van der Waals surface area contributed by atoms with Crippen molar-refractivity contribution in [2.75, 3.05) is 5.73 Å². The molecule has 1 aromatic heterocycles. The van der Waals surface area contributed by atoms with E-state index in [1.807, 2.05) is 47.1 Å². The first kappa shape index (κ1) is 13.8. The molecule has 4 nitrogen and oxygen atoms in total. The summed E-state index contributed by atoms with van der Waals surface area (Å²) in [5, 5.41) is 5.64. The second-order valence-electron chi connectivity index (χ2n) is 4.81. The number of para-hydroxylation sites is 2. The Labute approximate surface area is 126 Å². The van der Waals surface area contributed by atoms with Crippen molar-refractivity contribution in [3.63, 3.8) is 0 Å². The number of benzene rings is 2. The zero-order valence-electron chi connectivity index (χ0n) is 11.8. The average Bonchev–Trinajstić information content (AvgIpc) is 2.86. The standard InChI is InChI=1S/C16H17N3OS/c1-2-19-15-9-5-3-7-12(15)14(18-19)11-21(20)16-10-6-4-8-13(16)17/h3-10H,2,11,17H2,1H3. The summed E-state index contributed by atoms with van der Waals surface area (Å²) in [6, 6.07) is 15.3. The predicted octanol–water partition coefficient (Wildman–Crippen LogP) is 2.95. The number of hydrogen-bond acceptors (Lipinski definition) is 3. The van der Waals surface area contributed by atoms with Crippen molar-refractivity contribution in [2.45, 2.75) is 24.1 Å². The molecule has 108 valence electrons. The van der Waals surface area contributed by atoms with Crippen LogP contribution >= 0.6 is 0 Å². The van der Waals surface area contributed by atoms with Gasteiger partial charge in [0.1, 0.15) is 0 Å². The Morgan fingerprint density at radius 3 is 2.62 bits per heavy atom. The molecule has 0 saturated carbocycles. The van der Waals surface area contributed by atoms with Crippen LogP contribution in [0, 0.1) is 0 Å². The summed E-state index contributed by atoms with van der Waals surface area (Å²) in [6.07, 6.45) is 0. The highest BCUT2D eigenvalue weighted by Crippen LogP contribution is 2.23. The number of hydrogen-bond donors (Lipinski definition) is 1. The Morgan fingerprint density at radius 1 is 1.14 bits per heavy atom. The van der Waals surface area contributed by atoms with E-state index in [9.17, 15) is 4.21 Å². The summed E-state index contributed by atoms with van der Waals surface area (Å²) in [7, 11) is -1.19. The van der Waals surface area contributed by atoms with Crippen molar-refractivity contribution in [3.05, 3.63) is 54.2 Å². The molecule has 2 N–H and O–H groups in total. The summed E-state index contributed by atoms with van der Waals surface area (Å²) in [4.78, 5) is 0.674. The summed E-state index contributed by atoms with van der Waals surface area (Å²) < 4.78 is 14.5. The lowest BCUT2D eigenvalue weighted by Gasteiger charge is -2.04. The molecule has 0 aliphatic carbocycles. The van der Waals surface area contributed by atoms with E-state index < -0.39 is 10.8 Å². The van der Waals surface area contributed by atoms with Crippen LogP contribution in [0.5, 0.6) is 0 Å². The summed E-state index contributed by atoms with van der Waals surface area (Å²) in [6.45, 7) is 2.84. The maximum atomic E-state index is 12.6. The van der Waals surface area contributed by atoms with Crippen molar-refractivity contribution in [1.82, 2.24) is 9.78 Å². The second-order valence-corrected chi connectivity index (χ2v) is 6.23. The molecule has 0 amide bonds. The van der Waals surface area contributed by atoms with Crippen molar-refractivity contribution in [3.8, 4) is 0 Å². The first-order valence-electron chi connectivity index (χ1n) is 6.88. The van der Waals surface area contributed by atoms with Crippen LogP contribution in [-0.4, -0.2) is 14.0 Å². The molecule has 2 aromatic carbocycles. The molecule has 1 heterocycles. The van der Waals surface area contributed by atoms with Gasteiger partial charge in [0, 0.05) is 17.6 Å². The van der Waals surface area contributed by atoms with E-state index in [2.05, 4.69) is 12.0 Å². The van der Waals surface area contributed by atoms with Gasteiger partial charge in [-0.3, -0.25) is 8.89 Å². The van der Waals surface area contributed by atoms with E-state index in [-0.39, 0.29) is 0 Å². The zero-order valence-corrected chi connectivity index (χ0v) is 12.6. The molecule has 0 saturated heterocycles. The van der Waals surface area contributed by atoms with Gasteiger partial charge in [0.2, 0.25) is 0 Å². The van der Waals surface area contributed by atoms with Gasteiger partial charge in [0.15, 0.2) is 0 Å². The van der Waals surface area contributed by atoms with Gasteiger partial charge in [-0.25, -0.2) is 0 Å². The second kappa shape index (κ2) is 5.69. The number of fused-ring (bicyclic) bond motifs is 1. The molecule has 0 aliphatic rings. The first-order chi connectivity index (χ1) is 10.2. The van der Waals surface area contributed by atoms with Crippen LogP contribution in [-0.2, 0) is 23.1 Å². The lowest BCUT2D eigenvalue weighted by atomic mass is 10.2. The van der Waals surface area contributed by atoms with Crippen LogP contribution in [0.4, 0.5) is 5.69 Å². The normalized spacial score (nSPS) is 12.6. The van der Waals surface area contributed by atoms with E-state index >= 15 is 0 Å². The fourth-order valence-corrected chi connectivity index (χ4v) is 3.61.